The number of aliphatic hydroxyl groups is 1. The third-order valence-corrected chi connectivity index (χ3v) is 4.03. The van der Waals surface area contributed by atoms with Crippen LogP contribution < -0.4 is 5.32 Å². The lowest BCUT2D eigenvalue weighted by atomic mass is 10.1. The van der Waals surface area contributed by atoms with Gasteiger partial charge in [0.15, 0.2) is 0 Å². The first-order chi connectivity index (χ1) is 11.2. The highest BCUT2D eigenvalue weighted by molar-refractivity contribution is 6.33. The minimum Gasteiger partial charge on any atom is -0.396 e. The van der Waals surface area contributed by atoms with Crippen molar-refractivity contribution in [2.24, 2.45) is 5.92 Å². The molecule has 6 heteroatoms. The highest BCUT2D eigenvalue weighted by Crippen LogP contribution is 2.30. The van der Waals surface area contributed by atoms with Gasteiger partial charge in [-0.2, -0.15) is 5.10 Å². The van der Waals surface area contributed by atoms with Crippen molar-refractivity contribution in [3.8, 4) is 11.3 Å². The maximum atomic E-state index is 12.6. The number of halogens is 1. The molecule has 2 aromatic rings. The first-order valence-electron chi connectivity index (χ1n) is 7.98. The van der Waals surface area contributed by atoms with Crippen LogP contribution in [0.2, 0.25) is 5.02 Å². The van der Waals surface area contributed by atoms with Crippen LogP contribution in [0.25, 0.3) is 11.3 Å². The smallest absolute Gasteiger partial charge is 0.255 e. The molecule has 1 unspecified atom stereocenters. The van der Waals surface area contributed by atoms with E-state index in [0.717, 1.165) is 5.56 Å². The van der Waals surface area contributed by atoms with E-state index in [0.29, 0.717) is 22.8 Å². The van der Waals surface area contributed by atoms with Gasteiger partial charge in [-0.3, -0.25) is 9.48 Å². The fourth-order valence-corrected chi connectivity index (χ4v) is 2.39. The van der Waals surface area contributed by atoms with E-state index in [1.54, 1.807) is 16.9 Å². The molecule has 24 heavy (non-hydrogen) atoms. The number of amides is 1. The van der Waals surface area contributed by atoms with Crippen LogP contribution in [0.5, 0.6) is 0 Å². The van der Waals surface area contributed by atoms with Gasteiger partial charge in [-0.1, -0.05) is 36.7 Å². The van der Waals surface area contributed by atoms with Gasteiger partial charge in [-0.25, -0.2) is 0 Å². The highest BCUT2D eigenvalue weighted by Gasteiger charge is 2.24. The molecular formula is C18H24ClN3O2. The fourth-order valence-electron chi connectivity index (χ4n) is 2.16. The number of aromatic nitrogens is 2. The van der Waals surface area contributed by atoms with E-state index in [-0.39, 0.29) is 24.0 Å². The van der Waals surface area contributed by atoms with E-state index in [1.165, 1.54) is 0 Å². The highest BCUT2D eigenvalue weighted by atomic mass is 35.5. The second kappa shape index (κ2) is 7.36. The SMILES string of the molecule is CC(CO)CNC(=O)c1cn(C(C)(C)C)nc1-c1ccccc1Cl. The molecule has 0 aliphatic carbocycles. The topological polar surface area (TPSA) is 67.2 Å². The zero-order valence-corrected chi connectivity index (χ0v) is 15.3. The average molecular weight is 350 g/mol. The van der Waals surface area contributed by atoms with Crippen molar-refractivity contribution in [3.63, 3.8) is 0 Å². The maximum absolute atomic E-state index is 12.6. The van der Waals surface area contributed by atoms with Crippen molar-refractivity contribution in [1.82, 2.24) is 15.1 Å². The summed E-state index contributed by atoms with van der Waals surface area (Å²) >= 11 is 6.29. The number of nitrogens with zero attached hydrogens (tertiary/aromatic N) is 2. The van der Waals surface area contributed by atoms with Gasteiger partial charge in [0.25, 0.3) is 5.91 Å². The van der Waals surface area contributed by atoms with Crippen molar-refractivity contribution in [2.75, 3.05) is 13.2 Å². The summed E-state index contributed by atoms with van der Waals surface area (Å²) in [5, 5.41) is 17.1. The number of hydrogen-bond acceptors (Lipinski definition) is 3. The summed E-state index contributed by atoms with van der Waals surface area (Å²) in [5.74, 6) is -0.226. The summed E-state index contributed by atoms with van der Waals surface area (Å²) in [7, 11) is 0. The third kappa shape index (κ3) is 4.16. The van der Waals surface area contributed by atoms with Crippen molar-refractivity contribution < 1.29 is 9.90 Å². The van der Waals surface area contributed by atoms with Gasteiger partial charge < -0.3 is 10.4 Å². The van der Waals surface area contributed by atoms with E-state index in [9.17, 15) is 4.79 Å². The number of carbonyl (C=O) groups excluding carboxylic acids is 1. The summed E-state index contributed by atoms with van der Waals surface area (Å²) in [5.41, 5.74) is 1.50. The van der Waals surface area contributed by atoms with Crippen molar-refractivity contribution in [1.29, 1.82) is 0 Å². The second-order valence-electron chi connectivity index (χ2n) is 6.98. The Balaban J connectivity index is 2.44. The van der Waals surface area contributed by atoms with Crippen LogP contribution in [-0.4, -0.2) is 33.9 Å². The molecule has 0 aliphatic heterocycles. The Morgan fingerprint density at radius 3 is 2.62 bits per heavy atom. The van der Waals surface area contributed by atoms with Crippen LogP contribution in [-0.2, 0) is 5.54 Å². The molecule has 0 saturated heterocycles. The Hall–Kier alpha value is -1.85. The Kier molecular flexibility index (Phi) is 5.67. The van der Waals surface area contributed by atoms with Gasteiger partial charge in [0.2, 0.25) is 0 Å². The molecule has 0 bridgehead atoms. The minimum atomic E-state index is -0.257. The molecule has 0 radical (unpaired) electrons. The van der Waals surface area contributed by atoms with Crippen LogP contribution in [0.1, 0.15) is 38.1 Å². The number of aliphatic hydroxyl groups excluding tert-OH is 1. The number of hydrogen-bond donors (Lipinski definition) is 2. The quantitative estimate of drug-likeness (QED) is 0.870. The largest absolute Gasteiger partial charge is 0.396 e. The number of carbonyl (C=O) groups is 1. The first-order valence-corrected chi connectivity index (χ1v) is 8.36. The van der Waals surface area contributed by atoms with E-state index >= 15 is 0 Å². The standard InChI is InChI=1S/C18H24ClN3O2/c1-12(11-23)9-20-17(24)14-10-22(18(2,3)4)21-16(14)13-7-5-6-8-15(13)19/h5-8,10,12,23H,9,11H2,1-4H3,(H,20,24). The van der Waals surface area contributed by atoms with E-state index in [1.807, 2.05) is 45.9 Å². The Morgan fingerprint density at radius 1 is 1.38 bits per heavy atom. The molecule has 1 aromatic heterocycles. The second-order valence-corrected chi connectivity index (χ2v) is 7.39. The summed E-state index contributed by atoms with van der Waals surface area (Å²) in [6, 6.07) is 7.34. The Bertz CT molecular complexity index is 719. The van der Waals surface area contributed by atoms with Gasteiger partial charge in [-0.15, -0.1) is 0 Å². The molecule has 0 aliphatic rings. The van der Waals surface area contributed by atoms with Gasteiger partial charge in [0, 0.05) is 24.9 Å². The van der Waals surface area contributed by atoms with Gasteiger partial charge in [0.05, 0.1) is 16.1 Å². The molecule has 2 N–H and O–H groups in total. The number of nitrogens with one attached hydrogen (secondary N) is 1. The fraction of sp³-hybridized carbons (Fsp3) is 0.444. The molecule has 1 atom stereocenters. The predicted octanol–water partition coefficient (Wildman–Crippen LogP) is 3.32. The van der Waals surface area contributed by atoms with Crippen LogP contribution >= 0.6 is 11.6 Å². The molecular weight excluding hydrogens is 326 g/mol. The van der Waals surface area contributed by atoms with E-state index in [4.69, 9.17) is 16.7 Å². The summed E-state index contributed by atoms with van der Waals surface area (Å²) in [4.78, 5) is 12.6. The van der Waals surface area contributed by atoms with Crippen LogP contribution in [0.4, 0.5) is 0 Å². The molecule has 1 amide bonds. The zero-order chi connectivity index (χ0) is 17.9. The first kappa shape index (κ1) is 18.5. The van der Waals surface area contributed by atoms with Gasteiger partial charge in [-0.05, 0) is 32.8 Å². The lowest BCUT2D eigenvalue weighted by Gasteiger charge is -2.18. The Labute approximate surface area is 147 Å². The van der Waals surface area contributed by atoms with Crippen LogP contribution in [0.15, 0.2) is 30.5 Å². The monoisotopic (exact) mass is 349 g/mol. The maximum Gasteiger partial charge on any atom is 0.255 e. The Morgan fingerprint density at radius 2 is 2.04 bits per heavy atom. The lowest BCUT2D eigenvalue weighted by Crippen LogP contribution is -2.29. The molecule has 2 rings (SSSR count). The van der Waals surface area contributed by atoms with Crippen molar-refractivity contribution in [3.05, 3.63) is 41.0 Å². The normalized spacial score (nSPS) is 12.9. The third-order valence-electron chi connectivity index (χ3n) is 3.70. The summed E-state index contributed by atoms with van der Waals surface area (Å²) in [6.45, 7) is 8.36. The van der Waals surface area contributed by atoms with Crippen molar-refractivity contribution in [2.45, 2.75) is 33.2 Å². The van der Waals surface area contributed by atoms with Crippen molar-refractivity contribution >= 4 is 17.5 Å². The van der Waals surface area contributed by atoms with Crippen LogP contribution in [0.3, 0.4) is 0 Å². The van der Waals surface area contributed by atoms with Gasteiger partial charge in [0.1, 0.15) is 5.69 Å². The van der Waals surface area contributed by atoms with Gasteiger partial charge >= 0.3 is 0 Å². The molecule has 1 heterocycles. The molecule has 130 valence electrons. The minimum absolute atomic E-state index is 0.00428. The molecule has 0 spiro atoms. The molecule has 5 nitrogen and oxygen atoms in total. The molecule has 0 fully saturated rings. The van der Waals surface area contributed by atoms with E-state index < -0.39 is 0 Å². The van der Waals surface area contributed by atoms with E-state index in [2.05, 4.69) is 10.4 Å². The average Bonchev–Trinajstić information content (AvgIpc) is 2.98. The lowest BCUT2D eigenvalue weighted by molar-refractivity contribution is 0.0942. The number of benzene rings is 1. The molecule has 0 saturated carbocycles. The number of rotatable bonds is 5. The molecule has 1 aromatic carbocycles. The summed E-state index contributed by atoms with van der Waals surface area (Å²) < 4.78 is 1.77. The zero-order valence-electron chi connectivity index (χ0n) is 14.5. The summed E-state index contributed by atoms with van der Waals surface area (Å²) in [6.07, 6.45) is 1.75. The van der Waals surface area contributed by atoms with Crippen LogP contribution in [0, 0.1) is 5.92 Å². The predicted molar refractivity (Wildman–Crippen MR) is 96.3 cm³/mol.